The predicted molar refractivity (Wildman–Crippen MR) is 78.7 cm³/mol. The Bertz CT molecular complexity index is 450. The van der Waals surface area contributed by atoms with Crippen LogP contribution in [0.4, 0.5) is 4.39 Å². The minimum absolute atomic E-state index is 0.0213. The molecule has 0 aliphatic heterocycles. The molecule has 0 bridgehead atoms. The summed E-state index contributed by atoms with van der Waals surface area (Å²) in [6.07, 6.45) is 0.332. The Morgan fingerprint density at radius 1 is 1.30 bits per heavy atom. The third kappa shape index (κ3) is 4.02. The average molecular weight is 281 g/mol. The highest BCUT2D eigenvalue weighted by atomic mass is 19.1. The monoisotopic (exact) mass is 281 g/mol. The van der Waals surface area contributed by atoms with Crippen molar-refractivity contribution in [1.82, 2.24) is 9.80 Å². The maximum Gasteiger partial charge on any atom is 0.223 e. The van der Waals surface area contributed by atoms with E-state index in [1.165, 1.54) is 6.07 Å². The van der Waals surface area contributed by atoms with Crippen LogP contribution in [0.2, 0.25) is 0 Å². The number of rotatable bonds is 6. The normalized spacial score (nSPS) is 14.2. The SMILES string of the molecule is CC(c1ccccc1F)N(C)C(CN)CC(=O)N(C)C. The highest BCUT2D eigenvalue weighted by Gasteiger charge is 2.24. The van der Waals surface area contributed by atoms with Gasteiger partial charge in [-0.2, -0.15) is 0 Å². The predicted octanol–water partition coefficient (Wildman–Crippen LogP) is 1.62. The average Bonchev–Trinajstić information content (AvgIpc) is 2.43. The fourth-order valence-corrected chi connectivity index (χ4v) is 2.13. The first-order valence-electron chi connectivity index (χ1n) is 6.75. The number of hydrogen-bond donors (Lipinski definition) is 1. The van der Waals surface area contributed by atoms with Crippen LogP contribution >= 0.6 is 0 Å². The molecule has 20 heavy (non-hydrogen) atoms. The molecule has 0 fully saturated rings. The van der Waals surface area contributed by atoms with Gasteiger partial charge in [0.1, 0.15) is 5.82 Å². The highest BCUT2D eigenvalue weighted by Crippen LogP contribution is 2.24. The van der Waals surface area contributed by atoms with Gasteiger partial charge in [0.05, 0.1) is 0 Å². The van der Waals surface area contributed by atoms with Crippen LogP contribution in [0, 0.1) is 5.82 Å². The van der Waals surface area contributed by atoms with E-state index in [4.69, 9.17) is 5.73 Å². The molecule has 5 heteroatoms. The first-order chi connectivity index (χ1) is 9.38. The quantitative estimate of drug-likeness (QED) is 0.862. The van der Waals surface area contributed by atoms with Crippen molar-refractivity contribution < 1.29 is 9.18 Å². The van der Waals surface area contributed by atoms with E-state index in [0.717, 1.165) is 0 Å². The molecule has 1 aromatic rings. The summed E-state index contributed by atoms with van der Waals surface area (Å²) in [7, 11) is 5.31. The molecule has 2 N–H and O–H groups in total. The minimum atomic E-state index is -0.235. The van der Waals surface area contributed by atoms with E-state index in [-0.39, 0.29) is 23.8 Å². The van der Waals surface area contributed by atoms with Crippen molar-refractivity contribution in [1.29, 1.82) is 0 Å². The first-order valence-corrected chi connectivity index (χ1v) is 6.75. The Hall–Kier alpha value is -1.46. The van der Waals surface area contributed by atoms with Crippen LogP contribution < -0.4 is 5.73 Å². The van der Waals surface area contributed by atoms with Gasteiger partial charge in [-0.15, -0.1) is 0 Å². The van der Waals surface area contributed by atoms with E-state index in [1.54, 1.807) is 31.1 Å². The molecular weight excluding hydrogens is 257 g/mol. The van der Waals surface area contributed by atoms with Crippen molar-refractivity contribution in [2.45, 2.75) is 25.4 Å². The largest absolute Gasteiger partial charge is 0.349 e. The Labute approximate surface area is 120 Å². The van der Waals surface area contributed by atoms with Gasteiger partial charge < -0.3 is 10.6 Å². The molecule has 0 spiro atoms. The van der Waals surface area contributed by atoms with Crippen molar-refractivity contribution >= 4 is 5.91 Å². The van der Waals surface area contributed by atoms with Crippen molar-refractivity contribution in [3.8, 4) is 0 Å². The fraction of sp³-hybridized carbons (Fsp3) is 0.533. The molecule has 0 aromatic heterocycles. The molecule has 4 nitrogen and oxygen atoms in total. The first kappa shape index (κ1) is 16.6. The van der Waals surface area contributed by atoms with Gasteiger partial charge in [-0.3, -0.25) is 9.69 Å². The van der Waals surface area contributed by atoms with Gasteiger partial charge in [0.25, 0.3) is 0 Å². The lowest BCUT2D eigenvalue weighted by Gasteiger charge is -2.33. The second-order valence-corrected chi connectivity index (χ2v) is 5.24. The summed E-state index contributed by atoms with van der Waals surface area (Å²) in [5.74, 6) is -0.213. The number of nitrogens with two attached hydrogens (primary N) is 1. The van der Waals surface area contributed by atoms with Gasteiger partial charge in [0.2, 0.25) is 5.91 Å². The molecule has 0 aliphatic carbocycles. The molecule has 0 saturated carbocycles. The smallest absolute Gasteiger partial charge is 0.223 e. The molecule has 1 amide bonds. The number of carbonyl (C=O) groups is 1. The molecule has 1 aromatic carbocycles. The molecule has 0 saturated heterocycles. The van der Waals surface area contributed by atoms with E-state index < -0.39 is 0 Å². The van der Waals surface area contributed by atoms with Crippen molar-refractivity contribution in [3.63, 3.8) is 0 Å². The van der Waals surface area contributed by atoms with Crippen LogP contribution in [-0.4, -0.2) is 49.4 Å². The summed E-state index contributed by atoms with van der Waals surface area (Å²) in [6, 6.07) is 6.44. The van der Waals surface area contributed by atoms with E-state index in [2.05, 4.69) is 0 Å². The summed E-state index contributed by atoms with van der Waals surface area (Å²) < 4.78 is 13.8. The Morgan fingerprint density at radius 2 is 1.90 bits per heavy atom. The molecule has 2 atom stereocenters. The second-order valence-electron chi connectivity index (χ2n) is 5.24. The lowest BCUT2D eigenvalue weighted by atomic mass is 10.0. The fourth-order valence-electron chi connectivity index (χ4n) is 2.13. The topological polar surface area (TPSA) is 49.6 Å². The molecular formula is C15H24FN3O. The van der Waals surface area contributed by atoms with Crippen molar-refractivity contribution in [2.75, 3.05) is 27.7 Å². The second kappa shape index (κ2) is 7.36. The van der Waals surface area contributed by atoms with Crippen LogP contribution in [0.15, 0.2) is 24.3 Å². The summed E-state index contributed by atoms with van der Waals surface area (Å²) in [5, 5.41) is 0. The van der Waals surface area contributed by atoms with Gasteiger partial charge in [-0.05, 0) is 20.0 Å². The number of hydrogen-bond acceptors (Lipinski definition) is 3. The number of benzene rings is 1. The minimum Gasteiger partial charge on any atom is -0.349 e. The van der Waals surface area contributed by atoms with Crippen LogP contribution in [-0.2, 0) is 4.79 Å². The van der Waals surface area contributed by atoms with Crippen LogP contribution in [0.5, 0.6) is 0 Å². The number of likely N-dealkylation sites (N-methyl/N-ethyl adjacent to an activating group) is 1. The molecule has 0 radical (unpaired) electrons. The number of nitrogens with zero attached hydrogens (tertiary/aromatic N) is 2. The van der Waals surface area contributed by atoms with Gasteiger partial charge in [0, 0.05) is 44.7 Å². The van der Waals surface area contributed by atoms with Gasteiger partial charge in [-0.1, -0.05) is 18.2 Å². The van der Waals surface area contributed by atoms with E-state index >= 15 is 0 Å². The Morgan fingerprint density at radius 3 is 2.40 bits per heavy atom. The number of amides is 1. The van der Waals surface area contributed by atoms with Crippen molar-refractivity contribution in [3.05, 3.63) is 35.6 Å². The Kier molecular flexibility index (Phi) is 6.10. The number of halogens is 1. The molecule has 1 rings (SSSR count). The summed E-state index contributed by atoms with van der Waals surface area (Å²) in [4.78, 5) is 15.3. The highest BCUT2D eigenvalue weighted by molar-refractivity contribution is 5.76. The third-order valence-electron chi connectivity index (χ3n) is 3.72. The third-order valence-corrected chi connectivity index (χ3v) is 3.72. The van der Waals surface area contributed by atoms with E-state index in [1.807, 2.05) is 24.9 Å². The molecule has 112 valence electrons. The van der Waals surface area contributed by atoms with Crippen LogP contribution in [0.1, 0.15) is 24.9 Å². The zero-order valence-electron chi connectivity index (χ0n) is 12.6. The Balaban J connectivity index is 2.83. The van der Waals surface area contributed by atoms with Gasteiger partial charge in [0.15, 0.2) is 0 Å². The lowest BCUT2D eigenvalue weighted by Crippen LogP contribution is -2.43. The van der Waals surface area contributed by atoms with E-state index in [0.29, 0.717) is 18.5 Å². The van der Waals surface area contributed by atoms with Crippen LogP contribution in [0.3, 0.4) is 0 Å². The maximum atomic E-state index is 13.8. The summed E-state index contributed by atoms with van der Waals surface area (Å²) in [6.45, 7) is 2.27. The maximum absolute atomic E-state index is 13.8. The zero-order valence-corrected chi connectivity index (χ0v) is 12.6. The van der Waals surface area contributed by atoms with Gasteiger partial charge in [-0.25, -0.2) is 4.39 Å². The van der Waals surface area contributed by atoms with Crippen LogP contribution in [0.25, 0.3) is 0 Å². The van der Waals surface area contributed by atoms with E-state index in [9.17, 15) is 9.18 Å². The van der Waals surface area contributed by atoms with Gasteiger partial charge >= 0.3 is 0 Å². The standard InChI is InChI=1S/C15H24FN3O/c1-11(13-7-5-6-8-14(13)16)19(4)12(10-17)9-15(20)18(2)3/h5-8,11-12H,9-10,17H2,1-4H3. The summed E-state index contributed by atoms with van der Waals surface area (Å²) >= 11 is 0. The molecule has 2 unspecified atom stereocenters. The lowest BCUT2D eigenvalue weighted by molar-refractivity contribution is -0.130. The zero-order chi connectivity index (χ0) is 15.3. The number of carbonyl (C=O) groups excluding carboxylic acids is 1. The molecule has 0 heterocycles. The molecule has 0 aliphatic rings. The summed E-state index contributed by atoms with van der Waals surface area (Å²) in [5.41, 5.74) is 6.39. The van der Waals surface area contributed by atoms with Crippen molar-refractivity contribution in [2.24, 2.45) is 5.73 Å².